The van der Waals surface area contributed by atoms with E-state index in [1.54, 1.807) is 0 Å². The Kier molecular flexibility index (Phi) is 2.71. The zero-order valence-corrected chi connectivity index (χ0v) is 10.6. The second kappa shape index (κ2) is 3.89. The molecule has 2 rings (SSSR count). The van der Waals surface area contributed by atoms with E-state index in [1.165, 1.54) is 16.5 Å². The first-order valence-corrected chi connectivity index (χ1v) is 5.84. The van der Waals surface area contributed by atoms with Crippen LogP contribution in [-0.4, -0.2) is 0 Å². The number of hydrogen-bond donors (Lipinski definition) is 0. The minimum absolute atomic E-state index is 0.321. The Labute approximate surface area is 97.7 Å². The Morgan fingerprint density at radius 2 is 1.75 bits per heavy atom. The smallest absolute Gasteiger partial charge is 0.189 e. The number of nitrogens with zero attached hydrogens (tertiary/aromatic N) is 1. The molecule has 1 nitrogen and oxygen atoms in total. The van der Waals surface area contributed by atoms with E-state index in [2.05, 4.69) is 68.9 Å². The monoisotopic (exact) mass is 214 g/mol. The lowest BCUT2D eigenvalue weighted by molar-refractivity contribution is -0.678. The van der Waals surface area contributed by atoms with Crippen LogP contribution in [0, 0.1) is 5.41 Å². The van der Waals surface area contributed by atoms with Gasteiger partial charge in [0.05, 0.1) is 0 Å². The van der Waals surface area contributed by atoms with Gasteiger partial charge in [0, 0.05) is 17.9 Å². The highest BCUT2D eigenvalue weighted by atomic mass is 14.9. The topological polar surface area (TPSA) is 3.88 Å². The molecule has 0 bridgehead atoms. The molecule has 0 aliphatic rings. The number of aromatic nitrogens is 1. The molecule has 0 aliphatic heterocycles. The lowest BCUT2D eigenvalue weighted by Gasteiger charge is -2.17. The summed E-state index contributed by atoms with van der Waals surface area (Å²) in [7, 11) is 2.13. The van der Waals surface area contributed by atoms with Crippen molar-refractivity contribution in [2.45, 2.75) is 27.2 Å². The lowest BCUT2D eigenvalue weighted by atomic mass is 9.88. The summed E-state index contributed by atoms with van der Waals surface area (Å²) in [6.45, 7) is 6.86. The predicted octanol–water partition coefficient (Wildman–Crippen LogP) is 3.25. The van der Waals surface area contributed by atoms with Crippen LogP contribution in [0.2, 0.25) is 0 Å². The molecule has 0 fully saturated rings. The summed E-state index contributed by atoms with van der Waals surface area (Å²) < 4.78 is 2.24. The van der Waals surface area contributed by atoms with Gasteiger partial charge in [0.15, 0.2) is 11.9 Å². The van der Waals surface area contributed by atoms with E-state index < -0.39 is 0 Å². The van der Waals surface area contributed by atoms with E-state index in [9.17, 15) is 0 Å². The SMILES string of the molecule is C[n+]1ccc2ccccc2c1CC(C)(C)C. The number of pyridine rings is 1. The zero-order chi connectivity index (χ0) is 11.8. The molecule has 1 aromatic heterocycles. The first-order chi connectivity index (χ1) is 7.47. The maximum Gasteiger partial charge on any atom is 0.189 e. The van der Waals surface area contributed by atoms with E-state index >= 15 is 0 Å². The van der Waals surface area contributed by atoms with Crippen molar-refractivity contribution in [2.24, 2.45) is 12.5 Å². The number of aryl methyl sites for hydroxylation is 1. The molecule has 16 heavy (non-hydrogen) atoms. The van der Waals surface area contributed by atoms with Crippen LogP contribution in [0.1, 0.15) is 26.5 Å². The highest BCUT2D eigenvalue weighted by Crippen LogP contribution is 2.23. The van der Waals surface area contributed by atoms with Crippen molar-refractivity contribution >= 4 is 10.8 Å². The summed E-state index contributed by atoms with van der Waals surface area (Å²) in [4.78, 5) is 0. The van der Waals surface area contributed by atoms with Gasteiger partial charge in [-0.1, -0.05) is 39.0 Å². The fourth-order valence-electron chi connectivity index (χ4n) is 2.10. The molecule has 0 unspecified atom stereocenters. The maximum absolute atomic E-state index is 2.29. The van der Waals surface area contributed by atoms with E-state index in [0.29, 0.717) is 5.41 Å². The third-order valence-corrected chi connectivity index (χ3v) is 2.87. The molecular formula is C15H20N+. The van der Waals surface area contributed by atoms with Gasteiger partial charge in [0.2, 0.25) is 0 Å². The van der Waals surface area contributed by atoms with Gasteiger partial charge in [-0.05, 0) is 16.9 Å². The van der Waals surface area contributed by atoms with Gasteiger partial charge < -0.3 is 0 Å². The van der Waals surface area contributed by atoms with Crippen molar-refractivity contribution in [3.63, 3.8) is 0 Å². The maximum atomic E-state index is 2.29. The fourth-order valence-corrected chi connectivity index (χ4v) is 2.10. The van der Waals surface area contributed by atoms with Crippen molar-refractivity contribution in [3.05, 3.63) is 42.2 Å². The van der Waals surface area contributed by atoms with Crippen LogP contribution in [-0.2, 0) is 13.5 Å². The van der Waals surface area contributed by atoms with Gasteiger partial charge in [0.1, 0.15) is 7.05 Å². The van der Waals surface area contributed by atoms with E-state index in [1.807, 2.05) is 0 Å². The number of hydrogen-bond acceptors (Lipinski definition) is 0. The average Bonchev–Trinajstić information content (AvgIpc) is 2.21. The second-order valence-corrected chi connectivity index (χ2v) is 5.70. The first kappa shape index (κ1) is 11.1. The van der Waals surface area contributed by atoms with Crippen molar-refractivity contribution in [1.29, 1.82) is 0 Å². The highest BCUT2D eigenvalue weighted by molar-refractivity contribution is 5.83. The quantitative estimate of drug-likeness (QED) is 0.642. The van der Waals surface area contributed by atoms with Gasteiger partial charge >= 0.3 is 0 Å². The van der Waals surface area contributed by atoms with Crippen LogP contribution >= 0.6 is 0 Å². The van der Waals surface area contributed by atoms with Crippen LogP contribution in [0.3, 0.4) is 0 Å². The van der Waals surface area contributed by atoms with Crippen LogP contribution in [0.25, 0.3) is 10.8 Å². The highest BCUT2D eigenvalue weighted by Gasteiger charge is 2.20. The molecular weight excluding hydrogens is 194 g/mol. The van der Waals surface area contributed by atoms with Crippen molar-refractivity contribution < 1.29 is 4.57 Å². The summed E-state index contributed by atoms with van der Waals surface area (Å²) >= 11 is 0. The Morgan fingerprint density at radius 3 is 2.44 bits per heavy atom. The lowest BCUT2D eigenvalue weighted by Crippen LogP contribution is -2.35. The molecule has 1 aromatic carbocycles. The third kappa shape index (κ3) is 2.24. The number of benzene rings is 1. The van der Waals surface area contributed by atoms with Crippen LogP contribution < -0.4 is 4.57 Å². The average molecular weight is 214 g/mol. The Morgan fingerprint density at radius 1 is 1.06 bits per heavy atom. The fraction of sp³-hybridized carbons (Fsp3) is 0.400. The molecule has 84 valence electrons. The molecule has 0 spiro atoms. The Hall–Kier alpha value is -1.37. The molecule has 1 heteroatoms. The van der Waals surface area contributed by atoms with Crippen molar-refractivity contribution in [3.8, 4) is 0 Å². The van der Waals surface area contributed by atoms with Crippen LogP contribution in [0.5, 0.6) is 0 Å². The standard InChI is InChI=1S/C15H20N/c1-15(2,3)11-14-13-8-6-5-7-12(13)9-10-16(14)4/h5-10H,11H2,1-4H3/q+1. The van der Waals surface area contributed by atoms with E-state index in [-0.39, 0.29) is 0 Å². The molecule has 0 aliphatic carbocycles. The molecule has 0 radical (unpaired) electrons. The minimum Gasteiger partial charge on any atom is -0.205 e. The molecule has 0 saturated heterocycles. The van der Waals surface area contributed by atoms with Crippen LogP contribution in [0.4, 0.5) is 0 Å². The van der Waals surface area contributed by atoms with E-state index in [0.717, 1.165) is 6.42 Å². The Balaban J connectivity index is 2.62. The number of rotatable bonds is 1. The largest absolute Gasteiger partial charge is 0.205 e. The van der Waals surface area contributed by atoms with Gasteiger partial charge in [-0.15, -0.1) is 0 Å². The molecule has 0 saturated carbocycles. The molecule has 0 amide bonds. The predicted molar refractivity (Wildman–Crippen MR) is 68.3 cm³/mol. The summed E-state index contributed by atoms with van der Waals surface area (Å²) in [5.41, 5.74) is 1.74. The van der Waals surface area contributed by atoms with E-state index in [4.69, 9.17) is 0 Å². The Bertz CT molecular complexity index is 506. The summed E-state index contributed by atoms with van der Waals surface area (Å²) in [6, 6.07) is 10.8. The number of fused-ring (bicyclic) bond motifs is 1. The second-order valence-electron chi connectivity index (χ2n) is 5.70. The molecule has 2 aromatic rings. The third-order valence-electron chi connectivity index (χ3n) is 2.87. The van der Waals surface area contributed by atoms with Crippen molar-refractivity contribution in [2.75, 3.05) is 0 Å². The van der Waals surface area contributed by atoms with Gasteiger partial charge in [-0.2, -0.15) is 0 Å². The van der Waals surface area contributed by atoms with Gasteiger partial charge in [-0.3, -0.25) is 0 Å². The minimum atomic E-state index is 0.321. The normalized spacial score (nSPS) is 12.0. The van der Waals surface area contributed by atoms with Gasteiger partial charge in [-0.25, -0.2) is 4.57 Å². The van der Waals surface area contributed by atoms with Gasteiger partial charge in [0.25, 0.3) is 0 Å². The summed E-state index contributed by atoms with van der Waals surface area (Å²) in [5.74, 6) is 0. The first-order valence-electron chi connectivity index (χ1n) is 5.84. The molecule has 0 N–H and O–H groups in total. The van der Waals surface area contributed by atoms with Crippen LogP contribution in [0.15, 0.2) is 36.5 Å². The molecule has 0 atom stereocenters. The summed E-state index contributed by atoms with van der Waals surface area (Å²) in [6.07, 6.45) is 3.26. The van der Waals surface area contributed by atoms with Crippen molar-refractivity contribution in [1.82, 2.24) is 0 Å². The molecule has 1 heterocycles. The summed E-state index contributed by atoms with van der Waals surface area (Å²) in [5, 5.41) is 2.71. The zero-order valence-electron chi connectivity index (χ0n) is 10.6.